The lowest BCUT2D eigenvalue weighted by Crippen LogP contribution is -2.14. The van der Waals surface area contributed by atoms with Crippen LogP contribution in [0.15, 0.2) is 12.2 Å². The molecule has 4 heteroatoms. The lowest BCUT2D eigenvalue weighted by Gasteiger charge is -1.97. The summed E-state index contributed by atoms with van der Waals surface area (Å²) >= 11 is 9.53. The zero-order valence-electron chi connectivity index (χ0n) is 6.04. The van der Waals surface area contributed by atoms with Crippen LogP contribution in [0.2, 0.25) is 0 Å². The van der Waals surface area contributed by atoms with Crippen molar-refractivity contribution in [1.82, 2.24) is 0 Å². The Hall–Kier alpha value is -0.0500. The second kappa shape index (κ2) is 6.65. The molecule has 0 radical (unpaired) electrons. The van der Waals surface area contributed by atoms with Crippen molar-refractivity contribution in [2.75, 3.05) is 5.34 Å². The molecular formula is C7H11Cl2NO. The van der Waals surface area contributed by atoms with E-state index in [4.69, 9.17) is 28.9 Å². The van der Waals surface area contributed by atoms with Crippen LogP contribution in [0.3, 0.4) is 0 Å². The van der Waals surface area contributed by atoms with Gasteiger partial charge in [0.15, 0.2) is 0 Å². The van der Waals surface area contributed by atoms with Gasteiger partial charge in [-0.2, -0.15) is 0 Å². The fourth-order valence-corrected chi connectivity index (χ4v) is 0.858. The van der Waals surface area contributed by atoms with E-state index in [2.05, 4.69) is 0 Å². The molecule has 64 valence electrons. The van der Waals surface area contributed by atoms with E-state index in [0.717, 1.165) is 12.7 Å². The molecule has 1 rings (SSSR count). The highest BCUT2D eigenvalue weighted by atomic mass is 35.5. The van der Waals surface area contributed by atoms with Crippen LogP contribution in [0, 0.1) is 5.92 Å². The summed E-state index contributed by atoms with van der Waals surface area (Å²) in [6.07, 6.45) is 5.46. The van der Waals surface area contributed by atoms with Gasteiger partial charge in [0.1, 0.15) is 6.29 Å². The van der Waals surface area contributed by atoms with Gasteiger partial charge in [-0.15, -0.1) is 23.2 Å². The van der Waals surface area contributed by atoms with Gasteiger partial charge in [-0.1, -0.05) is 12.2 Å². The summed E-state index contributed by atoms with van der Waals surface area (Å²) in [5, 5.41) is 0.194. The third-order valence-electron chi connectivity index (χ3n) is 1.32. The normalized spacial score (nSPS) is 27.5. The summed E-state index contributed by atoms with van der Waals surface area (Å²) in [5.74, 6) is 0.0880. The molecule has 0 heterocycles. The zero-order chi connectivity index (χ0) is 8.69. The van der Waals surface area contributed by atoms with Gasteiger partial charge in [-0.3, -0.25) is 0 Å². The second-order valence-corrected chi connectivity index (χ2v) is 2.99. The minimum Gasteiger partial charge on any atom is -0.324 e. The lowest BCUT2D eigenvalue weighted by molar-refractivity contribution is -0.109. The number of allylic oxidation sites excluding steroid dienone is 1. The van der Waals surface area contributed by atoms with Gasteiger partial charge in [-0.05, 0) is 6.42 Å². The molecule has 2 atom stereocenters. The third-order valence-corrected chi connectivity index (χ3v) is 1.32. The molecule has 0 aromatic heterocycles. The fourth-order valence-electron chi connectivity index (χ4n) is 0.858. The molecule has 0 bridgehead atoms. The first-order valence-electron chi connectivity index (χ1n) is 3.25. The van der Waals surface area contributed by atoms with Crippen LogP contribution in [-0.4, -0.2) is 17.7 Å². The van der Waals surface area contributed by atoms with Gasteiger partial charge >= 0.3 is 0 Å². The van der Waals surface area contributed by atoms with Crippen LogP contribution >= 0.6 is 23.2 Å². The van der Waals surface area contributed by atoms with Crippen LogP contribution in [0.5, 0.6) is 0 Å². The van der Waals surface area contributed by atoms with E-state index >= 15 is 0 Å². The number of aldehydes is 1. The summed E-state index contributed by atoms with van der Waals surface area (Å²) in [5.41, 5.74) is 5.46. The number of halogens is 2. The van der Waals surface area contributed by atoms with Crippen molar-refractivity contribution in [3.8, 4) is 0 Å². The smallest absolute Gasteiger partial charge is 0.126 e. The van der Waals surface area contributed by atoms with Crippen molar-refractivity contribution < 1.29 is 4.79 Å². The molecule has 2 N–H and O–H groups in total. The maximum atomic E-state index is 10.0. The van der Waals surface area contributed by atoms with Gasteiger partial charge in [0, 0.05) is 12.0 Å². The van der Waals surface area contributed by atoms with Crippen LogP contribution in [0.4, 0.5) is 0 Å². The highest BCUT2D eigenvalue weighted by Crippen LogP contribution is 2.12. The number of alkyl halides is 2. The summed E-state index contributed by atoms with van der Waals surface area (Å²) < 4.78 is 0. The van der Waals surface area contributed by atoms with Gasteiger partial charge in [0.05, 0.1) is 5.34 Å². The van der Waals surface area contributed by atoms with Crippen molar-refractivity contribution in [2.45, 2.75) is 12.5 Å². The first-order chi connectivity index (χ1) is 5.24. The molecule has 0 saturated carbocycles. The average molecular weight is 196 g/mol. The Labute approximate surface area is 76.3 Å². The summed E-state index contributed by atoms with van der Waals surface area (Å²) in [7, 11) is 0. The maximum absolute atomic E-state index is 10.0. The van der Waals surface area contributed by atoms with E-state index in [1.807, 2.05) is 12.2 Å². The number of nitrogens with two attached hydrogens (primary N) is 1. The van der Waals surface area contributed by atoms with Crippen molar-refractivity contribution in [3.05, 3.63) is 12.2 Å². The van der Waals surface area contributed by atoms with Gasteiger partial charge < -0.3 is 10.5 Å². The first-order valence-corrected chi connectivity index (χ1v) is 4.32. The molecule has 0 saturated heterocycles. The molecule has 0 amide bonds. The Kier molecular flexibility index (Phi) is 6.62. The summed E-state index contributed by atoms with van der Waals surface area (Å²) in [6.45, 7) is 0. The van der Waals surface area contributed by atoms with E-state index in [9.17, 15) is 4.79 Å². The van der Waals surface area contributed by atoms with E-state index in [-0.39, 0.29) is 17.3 Å². The number of carbonyl (C=O) groups excluding carboxylic acids is 1. The molecule has 0 aromatic carbocycles. The number of carbonyl (C=O) groups is 1. The van der Waals surface area contributed by atoms with E-state index in [1.54, 1.807) is 0 Å². The quantitative estimate of drug-likeness (QED) is 0.392. The molecule has 1 aliphatic carbocycles. The molecule has 0 aliphatic heterocycles. The molecule has 2 nitrogen and oxygen atoms in total. The molecule has 1 aliphatic rings. The van der Waals surface area contributed by atoms with Gasteiger partial charge in [0.2, 0.25) is 0 Å². The molecule has 0 spiro atoms. The largest absolute Gasteiger partial charge is 0.324 e. The average Bonchev–Trinajstić information content (AvgIpc) is 2.37. The van der Waals surface area contributed by atoms with Crippen LogP contribution in [-0.2, 0) is 4.79 Å². The van der Waals surface area contributed by atoms with Crippen LogP contribution < -0.4 is 5.73 Å². The Balaban J connectivity index is 0.000000292. The highest BCUT2D eigenvalue weighted by Gasteiger charge is 2.13. The fraction of sp³-hybridized carbons (Fsp3) is 0.571. The van der Waals surface area contributed by atoms with E-state index in [1.165, 1.54) is 0 Å². The Morgan fingerprint density at radius 2 is 2.09 bits per heavy atom. The molecule has 2 unspecified atom stereocenters. The monoisotopic (exact) mass is 195 g/mol. The number of rotatable bonds is 1. The Bertz CT molecular complexity index is 138. The maximum Gasteiger partial charge on any atom is 0.126 e. The predicted octanol–water partition coefficient (Wildman–Crippen LogP) is 1.51. The number of hydrogen-bond donors (Lipinski definition) is 1. The predicted molar refractivity (Wildman–Crippen MR) is 47.9 cm³/mol. The Morgan fingerprint density at radius 3 is 2.27 bits per heavy atom. The minimum absolute atomic E-state index is 0.0880. The van der Waals surface area contributed by atoms with Crippen molar-refractivity contribution >= 4 is 29.5 Å². The van der Waals surface area contributed by atoms with Crippen LogP contribution in [0.1, 0.15) is 6.42 Å². The molecule has 0 fully saturated rings. The van der Waals surface area contributed by atoms with Crippen LogP contribution in [0.25, 0.3) is 0 Å². The van der Waals surface area contributed by atoms with Gasteiger partial charge in [-0.25, -0.2) is 0 Å². The molecule has 0 aromatic rings. The van der Waals surface area contributed by atoms with E-state index in [0.29, 0.717) is 0 Å². The SMILES string of the molecule is ClCCl.NC1C=CC(C=O)C1. The second-order valence-electron chi connectivity index (χ2n) is 2.19. The van der Waals surface area contributed by atoms with Crippen molar-refractivity contribution in [1.29, 1.82) is 0 Å². The molecule has 11 heavy (non-hydrogen) atoms. The molecular weight excluding hydrogens is 185 g/mol. The summed E-state index contributed by atoms with van der Waals surface area (Å²) in [4.78, 5) is 10.0. The lowest BCUT2D eigenvalue weighted by atomic mass is 10.1. The first kappa shape index (κ1) is 11.0. The highest BCUT2D eigenvalue weighted by molar-refractivity contribution is 6.40. The zero-order valence-corrected chi connectivity index (χ0v) is 7.55. The Morgan fingerprint density at radius 1 is 1.55 bits per heavy atom. The van der Waals surface area contributed by atoms with Gasteiger partial charge in [0.25, 0.3) is 0 Å². The topological polar surface area (TPSA) is 43.1 Å². The van der Waals surface area contributed by atoms with Crippen molar-refractivity contribution in [2.24, 2.45) is 11.7 Å². The standard InChI is InChI=1S/C6H9NO.CH2Cl2/c7-6-2-1-5(3-6)4-8;2-1-3/h1-2,4-6H,3,7H2;1H2. The number of hydrogen-bond acceptors (Lipinski definition) is 2. The summed E-state index contributed by atoms with van der Waals surface area (Å²) in [6, 6.07) is 0.116. The van der Waals surface area contributed by atoms with E-state index < -0.39 is 0 Å². The minimum atomic E-state index is 0.0880. The third kappa shape index (κ3) is 5.24. The van der Waals surface area contributed by atoms with Crippen molar-refractivity contribution in [3.63, 3.8) is 0 Å².